The summed E-state index contributed by atoms with van der Waals surface area (Å²) >= 11 is 0. The molecule has 0 saturated carbocycles. The SMILES string of the molecule is CC(NC(=O)c1ccc2c(c1)C(=O)N(Cc1ccccc1)C2=O)c1ccc(S(C)(=O)=O)cc1. The molecule has 8 heteroatoms. The van der Waals surface area contributed by atoms with Crippen LogP contribution in [0.1, 0.15) is 55.2 Å². The Bertz CT molecular complexity index is 1350. The van der Waals surface area contributed by atoms with Gasteiger partial charge in [-0.2, -0.15) is 0 Å². The van der Waals surface area contributed by atoms with E-state index in [1.54, 1.807) is 19.1 Å². The van der Waals surface area contributed by atoms with Crippen LogP contribution in [-0.2, 0) is 16.4 Å². The number of carbonyl (C=O) groups is 3. The van der Waals surface area contributed by atoms with Gasteiger partial charge < -0.3 is 5.32 Å². The van der Waals surface area contributed by atoms with Crippen molar-refractivity contribution in [3.05, 3.63) is 101 Å². The van der Waals surface area contributed by atoms with Crippen LogP contribution in [0.25, 0.3) is 0 Å². The quantitative estimate of drug-likeness (QED) is 0.566. The lowest BCUT2D eigenvalue weighted by molar-refractivity contribution is 0.0642. The van der Waals surface area contributed by atoms with Crippen molar-refractivity contribution in [2.45, 2.75) is 24.4 Å². The molecule has 3 aromatic rings. The van der Waals surface area contributed by atoms with Crippen LogP contribution >= 0.6 is 0 Å². The zero-order chi connectivity index (χ0) is 23.8. The summed E-state index contributed by atoms with van der Waals surface area (Å²) in [6.45, 7) is 1.94. The van der Waals surface area contributed by atoms with Crippen LogP contribution in [0.5, 0.6) is 0 Å². The van der Waals surface area contributed by atoms with E-state index in [4.69, 9.17) is 0 Å². The molecule has 0 aliphatic carbocycles. The van der Waals surface area contributed by atoms with Crippen LogP contribution in [0.15, 0.2) is 77.7 Å². The van der Waals surface area contributed by atoms with Gasteiger partial charge in [0.15, 0.2) is 9.84 Å². The summed E-state index contributed by atoms with van der Waals surface area (Å²) < 4.78 is 23.2. The predicted molar refractivity (Wildman–Crippen MR) is 123 cm³/mol. The molecule has 0 fully saturated rings. The van der Waals surface area contributed by atoms with Gasteiger partial charge >= 0.3 is 0 Å². The Balaban J connectivity index is 1.50. The van der Waals surface area contributed by atoms with Crippen LogP contribution in [-0.4, -0.2) is 37.3 Å². The van der Waals surface area contributed by atoms with Gasteiger partial charge in [-0.25, -0.2) is 8.42 Å². The van der Waals surface area contributed by atoms with Crippen molar-refractivity contribution in [2.75, 3.05) is 6.26 Å². The Morgan fingerprint density at radius 3 is 2.18 bits per heavy atom. The maximum absolute atomic E-state index is 12.9. The predicted octanol–water partition coefficient (Wildman–Crippen LogP) is 3.38. The number of carbonyl (C=O) groups excluding carboxylic acids is 3. The number of imide groups is 1. The van der Waals surface area contributed by atoms with Crippen molar-refractivity contribution in [3.63, 3.8) is 0 Å². The summed E-state index contributed by atoms with van der Waals surface area (Å²) in [6.07, 6.45) is 1.13. The minimum Gasteiger partial charge on any atom is -0.346 e. The Morgan fingerprint density at radius 2 is 1.55 bits per heavy atom. The van der Waals surface area contributed by atoms with Crippen LogP contribution in [0.2, 0.25) is 0 Å². The molecule has 1 N–H and O–H groups in total. The average molecular weight is 463 g/mol. The van der Waals surface area contributed by atoms with Crippen molar-refractivity contribution in [3.8, 4) is 0 Å². The van der Waals surface area contributed by atoms with Gasteiger partial charge in [-0.1, -0.05) is 42.5 Å². The van der Waals surface area contributed by atoms with Gasteiger partial charge in [0.1, 0.15) is 0 Å². The number of hydrogen-bond donors (Lipinski definition) is 1. The summed E-state index contributed by atoms with van der Waals surface area (Å²) in [5, 5.41) is 2.84. The molecule has 0 saturated heterocycles. The summed E-state index contributed by atoms with van der Waals surface area (Å²) in [4.78, 5) is 39.8. The summed E-state index contributed by atoms with van der Waals surface area (Å²) in [7, 11) is -3.30. The van der Waals surface area contributed by atoms with Crippen molar-refractivity contribution >= 4 is 27.6 Å². The average Bonchev–Trinajstić information content (AvgIpc) is 3.03. The zero-order valence-corrected chi connectivity index (χ0v) is 18.9. The molecule has 3 amide bonds. The second-order valence-electron chi connectivity index (χ2n) is 7.98. The summed E-state index contributed by atoms with van der Waals surface area (Å²) in [5.74, 6) is -1.22. The lowest BCUT2D eigenvalue weighted by Gasteiger charge is -2.15. The molecule has 7 nitrogen and oxygen atoms in total. The molecule has 0 bridgehead atoms. The van der Waals surface area contributed by atoms with Crippen molar-refractivity contribution < 1.29 is 22.8 Å². The molecule has 168 valence electrons. The zero-order valence-electron chi connectivity index (χ0n) is 18.1. The molecule has 1 aliphatic heterocycles. The molecular formula is C25H22N2O5S. The van der Waals surface area contributed by atoms with Crippen LogP contribution in [0, 0.1) is 0 Å². The number of amides is 3. The number of nitrogens with one attached hydrogen (secondary N) is 1. The molecule has 1 aliphatic rings. The maximum atomic E-state index is 12.9. The third kappa shape index (κ3) is 4.56. The van der Waals surface area contributed by atoms with E-state index < -0.39 is 27.7 Å². The molecule has 1 heterocycles. The molecule has 33 heavy (non-hydrogen) atoms. The van der Waals surface area contributed by atoms with Crippen molar-refractivity contribution in [1.29, 1.82) is 0 Å². The highest BCUT2D eigenvalue weighted by molar-refractivity contribution is 7.90. The fraction of sp³-hybridized carbons (Fsp3) is 0.160. The fourth-order valence-corrected chi connectivity index (χ4v) is 4.34. The Kier molecular flexibility index (Phi) is 5.86. The van der Waals surface area contributed by atoms with Gasteiger partial charge in [-0.15, -0.1) is 0 Å². The lowest BCUT2D eigenvalue weighted by Crippen LogP contribution is -2.29. The van der Waals surface area contributed by atoms with Crippen LogP contribution in [0.3, 0.4) is 0 Å². The molecule has 0 spiro atoms. The maximum Gasteiger partial charge on any atom is 0.261 e. The van der Waals surface area contributed by atoms with E-state index in [9.17, 15) is 22.8 Å². The highest BCUT2D eigenvalue weighted by atomic mass is 32.2. The van der Waals surface area contributed by atoms with E-state index in [1.165, 1.54) is 35.2 Å². The first-order chi connectivity index (χ1) is 15.6. The van der Waals surface area contributed by atoms with Gasteiger partial charge in [0.05, 0.1) is 28.6 Å². The first kappa shape index (κ1) is 22.4. The normalized spacial score (nSPS) is 14.2. The van der Waals surface area contributed by atoms with Gasteiger partial charge in [0.2, 0.25) is 0 Å². The second-order valence-corrected chi connectivity index (χ2v) is 9.99. The molecular weight excluding hydrogens is 440 g/mol. The van der Waals surface area contributed by atoms with E-state index in [1.807, 2.05) is 30.3 Å². The van der Waals surface area contributed by atoms with E-state index >= 15 is 0 Å². The monoisotopic (exact) mass is 462 g/mol. The highest BCUT2D eigenvalue weighted by Crippen LogP contribution is 2.26. The van der Waals surface area contributed by atoms with E-state index in [0.29, 0.717) is 0 Å². The largest absolute Gasteiger partial charge is 0.346 e. The molecule has 0 aromatic heterocycles. The fourth-order valence-electron chi connectivity index (χ4n) is 3.71. The second kappa shape index (κ2) is 8.63. The number of sulfone groups is 1. The van der Waals surface area contributed by atoms with Gasteiger partial charge in [0, 0.05) is 11.8 Å². The number of hydrogen-bond acceptors (Lipinski definition) is 5. The standard InChI is InChI=1S/C25H22N2O5S/c1-16(18-8-11-20(12-9-18)33(2,31)32)26-23(28)19-10-13-21-22(14-19)25(30)27(24(21)29)15-17-6-4-3-5-7-17/h3-14,16H,15H2,1-2H3,(H,26,28). The Morgan fingerprint density at radius 1 is 0.909 bits per heavy atom. The minimum atomic E-state index is -3.30. The topological polar surface area (TPSA) is 101 Å². The first-order valence-electron chi connectivity index (χ1n) is 10.3. The molecule has 1 atom stereocenters. The van der Waals surface area contributed by atoms with E-state index in [2.05, 4.69) is 5.32 Å². The summed E-state index contributed by atoms with van der Waals surface area (Å²) in [5.41, 5.74) is 2.31. The first-order valence-corrected chi connectivity index (χ1v) is 12.2. The van der Waals surface area contributed by atoms with Crippen LogP contribution < -0.4 is 5.32 Å². The summed E-state index contributed by atoms with van der Waals surface area (Å²) in [6, 6.07) is 19.6. The number of benzene rings is 3. The van der Waals surface area contributed by atoms with Gasteiger partial charge in [-0.3, -0.25) is 19.3 Å². The number of nitrogens with zero attached hydrogens (tertiary/aromatic N) is 1. The highest BCUT2D eigenvalue weighted by Gasteiger charge is 2.36. The third-order valence-electron chi connectivity index (χ3n) is 5.57. The minimum absolute atomic E-state index is 0.162. The van der Waals surface area contributed by atoms with Crippen molar-refractivity contribution in [2.24, 2.45) is 0 Å². The molecule has 0 radical (unpaired) electrons. The van der Waals surface area contributed by atoms with E-state index in [-0.39, 0.29) is 34.0 Å². The smallest absolute Gasteiger partial charge is 0.261 e. The molecule has 3 aromatic carbocycles. The number of fused-ring (bicyclic) bond motifs is 1. The van der Waals surface area contributed by atoms with Crippen LogP contribution in [0.4, 0.5) is 0 Å². The van der Waals surface area contributed by atoms with Gasteiger partial charge in [0.25, 0.3) is 17.7 Å². The van der Waals surface area contributed by atoms with E-state index in [0.717, 1.165) is 17.4 Å². The van der Waals surface area contributed by atoms with Crippen molar-refractivity contribution in [1.82, 2.24) is 10.2 Å². The Hall–Kier alpha value is -3.78. The molecule has 4 rings (SSSR count). The van der Waals surface area contributed by atoms with Gasteiger partial charge in [-0.05, 0) is 48.4 Å². The third-order valence-corrected chi connectivity index (χ3v) is 6.70. The lowest BCUT2D eigenvalue weighted by atomic mass is 10.0. The Labute approximate surface area is 192 Å². The number of rotatable bonds is 6. The molecule has 1 unspecified atom stereocenters.